The lowest BCUT2D eigenvalue weighted by Crippen LogP contribution is -2.34. The molecule has 0 saturated carbocycles. The van der Waals surface area contributed by atoms with Gasteiger partial charge >= 0.3 is 0 Å². The van der Waals surface area contributed by atoms with E-state index in [0.29, 0.717) is 16.9 Å². The first-order chi connectivity index (χ1) is 19.2. The maximum atomic E-state index is 14.0. The normalized spacial score (nSPS) is 15.4. The highest BCUT2D eigenvalue weighted by Gasteiger charge is 2.26. The van der Waals surface area contributed by atoms with Gasteiger partial charge in [-0.1, -0.05) is 6.07 Å². The summed E-state index contributed by atoms with van der Waals surface area (Å²) >= 11 is 0. The first kappa shape index (κ1) is 25.7. The monoisotopic (exact) mass is 544 g/mol. The number of nitrogens with zero attached hydrogens (tertiary/aromatic N) is 4. The highest BCUT2D eigenvalue weighted by atomic mass is 19.1. The van der Waals surface area contributed by atoms with Crippen molar-refractivity contribution in [3.05, 3.63) is 94.4 Å². The van der Waals surface area contributed by atoms with Gasteiger partial charge in [-0.05, 0) is 67.4 Å². The molecule has 1 aliphatic rings. The number of benzene rings is 2. The van der Waals surface area contributed by atoms with Gasteiger partial charge in [-0.2, -0.15) is 5.10 Å². The van der Waals surface area contributed by atoms with Crippen molar-refractivity contribution in [2.45, 2.75) is 19.4 Å². The number of rotatable bonds is 6. The summed E-state index contributed by atoms with van der Waals surface area (Å²) in [6.07, 6.45) is 3.66. The number of likely N-dealkylation sites (N-methyl/N-ethyl adjacent to an activating group) is 1. The largest absolute Gasteiger partial charge is 0.433 e. The van der Waals surface area contributed by atoms with Crippen LogP contribution < -0.4 is 10.5 Å². The molecule has 1 atom stereocenters. The number of pyridine rings is 1. The molecule has 40 heavy (non-hydrogen) atoms. The van der Waals surface area contributed by atoms with E-state index >= 15 is 0 Å². The third-order valence-electron chi connectivity index (χ3n) is 7.39. The Labute approximate surface area is 227 Å². The number of carbonyl (C=O) groups excluding carboxylic acids is 1. The number of halogens is 2. The molecule has 4 N–H and O–H groups in total. The van der Waals surface area contributed by atoms with Crippen molar-refractivity contribution in [3.8, 4) is 17.3 Å². The Morgan fingerprint density at radius 2 is 1.98 bits per heavy atom. The Hall–Kier alpha value is -4.61. The number of ketones is 1. The molecule has 6 rings (SSSR count). The van der Waals surface area contributed by atoms with Crippen LogP contribution in [0.15, 0.2) is 54.9 Å². The van der Waals surface area contributed by atoms with E-state index in [0.717, 1.165) is 47.1 Å². The molecule has 0 bridgehead atoms. The van der Waals surface area contributed by atoms with E-state index in [1.165, 1.54) is 29.2 Å². The lowest BCUT2D eigenvalue weighted by atomic mass is 9.92. The molecule has 5 aromatic rings. The van der Waals surface area contributed by atoms with Crippen LogP contribution in [0.5, 0.6) is 11.6 Å². The van der Waals surface area contributed by atoms with Crippen molar-refractivity contribution in [1.29, 1.82) is 0 Å². The zero-order valence-electron chi connectivity index (χ0n) is 21.8. The number of aliphatic hydroxyl groups is 1. The van der Waals surface area contributed by atoms with Crippen molar-refractivity contribution in [2.24, 2.45) is 0 Å². The van der Waals surface area contributed by atoms with Gasteiger partial charge in [-0.15, -0.1) is 0 Å². The Bertz CT molecular complexity index is 1760. The fourth-order valence-corrected chi connectivity index (χ4v) is 5.18. The maximum absolute atomic E-state index is 14.0. The number of fused-ring (bicyclic) bond motifs is 2. The lowest BCUT2D eigenvalue weighted by molar-refractivity contribution is 0.103. The number of hydrogen-bond acceptors (Lipinski definition) is 7. The second kappa shape index (κ2) is 9.85. The van der Waals surface area contributed by atoms with Gasteiger partial charge in [0.2, 0.25) is 17.4 Å². The van der Waals surface area contributed by atoms with Crippen LogP contribution in [0.4, 0.5) is 14.6 Å². The van der Waals surface area contributed by atoms with Crippen LogP contribution in [0, 0.1) is 18.6 Å². The number of aromatic nitrogens is 4. The Morgan fingerprint density at radius 3 is 2.70 bits per heavy atom. The summed E-state index contributed by atoms with van der Waals surface area (Å²) in [6, 6.07) is 10.7. The van der Waals surface area contributed by atoms with Gasteiger partial charge < -0.3 is 20.6 Å². The molecule has 2 aromatic carbocycles. The number of nitrogens with two attached hydrogens (primary N) is 1. The molecule has 0 spiro atoms. The summed E-state index contributed by atoms with van der Waals surface area (Å²) in [5, 5.41) is 15.1. The third kappa shape index (κ3) is 4.29. The zero-order valence-corrected chi connectivity index (χ0v) is 21.8. The van der Waals surface area contributed by atoms with Crippen molar-refractivity contribution in [1.82, 2.24) is 24.6 Å². The predicted molar refractivity (Wildman–Crippen MR) is 145 cm³/mol. The number of hydrogen-bond donors (Lipinski definition) is 3. The smallest absolute Gasteiger partial charge is 0.219 e. The minimum atomic E-state index is -0.847. The third-order valence-corrected chi connectivity index (χ3v) is 7.39. The number of ether oxygens (including phenoxy) is 1. The van der Waals surface area contributed by atoms with E-state index in [1.807, 2.05) is 13.1 Å². The van der Waals surface area contributed by atoms with E-state index < -0.39 is 17.4 Å². The second-order valence-electron chi connectivity index (χ2n) is 9.90. The number of aliphatic hydroxyl groups excluding tert-OH is 1. The van der Waals surface area contributed by atoms with Crippen molar-refractivity contribution >= 4 is 22.5 Å². The standard InChI is InChI=1S/C29H26F2N6O3/c1-15-8-26(40-28-20(30)4-3-5-21(28)31)33-13-24(15)37-29(32)19(12-34-37)27(39)23-10-17-9-16-6-7-36(2)25(14-38)18(16)11-22(17)35-23/h3-5,8-13,25,35,38H,6-7,14,32H2,1-2H3. The van der Waals surface area contributed by atoms with E-state index in [9.17, 15) is 18.7 Å². The van der Waals surface area contributed by atoms with Crippen molar-refractivity contribution in [2.75, 3.05) is 25.9 Å². The SMILES string of the molecule is Cc1cc(Oc2c(F)cccc2F)ncc1-n1ncc(C(=O)c2cc3cc4c(cc3[nH]2)C(CO)N(C)CC4)c1N. The molecule has 0 amide bonds. The number of nitrogens with one attached hydrogen (secondary N) is 1. The van der Waals surface area contributed by atoms with Gasteiger partial charge in [-0.25, -0.2) is 18.4 Å². The minimum absolute atomic E-state index is 0.0114. The van der Waals surface area contributed by atoms with Crippen LogP contribution in [-0.2, 0) is 6.42 Å². The van der Waals surface area contributed by atoms with E-state index in [2.05, 4.69) is 26.0 Å². The minimum Gasteiger partial charge on any atom is -0.433 e. The number of para-hydroxylation sites is 1. The van der Waals surface area contributed by atoms with E-state index in [1.54, 1.807) is 13.0 Å². The molecule has 0 radical (unpaired) electrons. The van der Waals surface area contributed by atoms with Crippen molar-refractivity contribution < 1.29 is 23.4 Å². The van der Waals surface area contributed by atoms with Gasteiger partial charge in [0.25, 0.3) is 0 Å². The molecular formula is C29H26F2N6O3. The molecule has 1 unspecified atom stereocenters. The van der Waals surface area contributed by atoms with Gasteiger partial charge in [-0.3, -0.25) is 9.69 Å². The van der Waals surface area contributed by atoms with Gasteiger partial charge in [0.05, 0.1) is 42.0 Å². The van der Waals surface area contributed by atoms with Crippen LogP contribution in [0.25, 0.3) is 16.6 Å². The van der Waals surface area contributed by atoms with Gasteiger partial charge in [0, 0.05) is 23.5 Å². The quantitative estimate of drug-likeness (QED) is 0.270. The molecule has 4 heterocycles. The number of H-pyrrole nitrogens is 1. The van der Waals surface area contributed by atoms with Crippen molar-refractivity contribution in [3.63, 3.8) is 0 Å². The van der Waals surface area contributed by atoms with Crippen LogP contribution >= 0.6 is 0 Å². The number of carbonyl (C=O) groups is 1. The number of aromatic amines is 1. The van der Waals surface area contributed by atoms with Crippen LogP contribution in [0.1, 0.15) is 38.8 Å². The zero-order chi connectivity index (χ0) is 28.1. The van der Waals surface area contributed by atoms with Crippen LogP contribution in [0.3, 0.4) is 0 Å². The summed E-state index contributed by atoms with van der Waals surface area (Å²) in [7, 11) is 1.98. The highest BCUT2D eigenvalue weighted by molar-refractivity contribution is 6.12. The first-order valence-electron chi connectivity index (χ1n) is 12.7. The Kier molecular flexibility index (Phi) is 6.32. The summed E-state index contributed by atoms with van der Waals surface area (Å²) in [5.74, 6) is -2.46. The Morgan fingerprint density at radius 1 is 1.20 bits per heavy atom. The first-order valence-corrected chi connectivity index (χ1v) is 12.7. The van der Waals surface area contributed by atoms with Crippen LogP contribution in [-0.4, -0.2) is 55.7 Å². The molecule has 0 saturated heterocycles. The van der Waals surface area contributed by atoms with Gasteiger partial charge in [0.15, 0.2) is 11.6 Å². The van der Waals surface area contributed by atoms with Crippen LogP contribution in [0.2, 0.25) is 0 Å². The molecule has 0 fully saturated rings. The number of nitrogen functional groups attached to an aromatic ring is 1. The maximum Gasteiger partial charge on any atom is 0.219 e. The van der Waals surface area contributed by atoms with Gasteiger partial charge in [0.1, 0.15) is 5.82 Å². The average molecular weight is 545 g/mol. The molecule has 11 heteroatoms. The second-order valence-corrected chi connectivity index (χ2v) is 9.90. The molecule has 0 aliphatic carbocycles. The predicted octanol–water partition coefficient (Wildman–Crippen LogP) is 4.46. The molecular weight excluding hydrogens is 518 g/mol. The summed E-state index contributed by atoms with van der Waals surface area (Å²) in [6.45, 7) is 2.59. The fourth-order valence-electron chi connectivity index (χ4n) is 5.18. The fraction of sp³-hybridized carbons (Fsp3) is 0.207. The number of anilines is 1. The molecule has 3 aromatic heterocycles. The lowest BCUT2D eigenvalue weighted by Gasteiger charge is -2.33. The molecule has 1 aliphatic heterocycles. The van der Waals surface area contributed by atoms with E-state index in [4.69, 9.17) is 10.5 Å². The average Bonchev–Trinajstić information content (AvgIpc) is 3.52. The molecule has 9 nitrogen and oxygen atoms in total. The topological polar surface area (TPSA) is 122 Å². The summed E-state index contributed by atoms with van der Waals surface area (Å²) in [4.78, 5) is 22.9. The molecule has 204 valence electrons. The summed E-state index contributed by atoms with van der Waals surface area (Å²) in [5.41, 5.74) is 11.0. The highest BCUT2D eigenvalue weighted by Crippen LogP contribution is 2.33. The number of aryl methyl sites for hydroxylation is 1. The summed E-state index contributed by atoms with van der Waals surface area (Å²) < 4.78 is 34.7. The Balaban J connectivity index is 1.29. The van der Waals surface area contributed by atoms with E-state index in [-0.39, 0.29) is 35.7 Å².